The van der Waals surface area contributed by atoms with Crippen LogP contribution in [-0.4, -0.2) is 11.4 Å². The number of rotatable bonds is 4. The zero-order chi connectivity index (χ0) is 15.0. The topological polar surface area (TPSA) is 55.1 Å². The SMILES string of the molecule is Cc1cc(C(C)NC(=O)C(C)(C)C(C)(C)N)c(C)s1. The highest BCUT2D eigenvalue weighted by molar-refractivity contribution is 7.12. The largest absolute Gasteiger partial charge is 0.349 e. The second-order valence-electron chi connectivity index (χ2n) is 6.41. The fourth-order valence-electron chi connectivity index (χ4n) is 1.83. The van der Waals surface area contributed by atoms with Gasteiger partial charge in [-0.2, -0.15) is 0 Å². The molecule has 0 saturated heterocycles. The summed E-state index contributed by atoms with van der Waals surface area (Å²) >= 11 is 1.76. The lowest BCUT2D eigenvalue weighted by molar-refractivity contribution is -0.132. The second kappa shape index (κ2) is 5.25. The molecule has 0 aliphatic carbocycles. The van der Waals surface area contributed by atoms with Crippen LogP contribution in [0.4, 0.5) is 0 Å². The van der Waals surface area contributed by atoms with Crippen LogP contribution >= 0.6 is 11.3 Å². The molecule has 0 fully saturated rings. The predicted octanol–water partition coefficient (Wildman–Crippen LogP) is 3.31. The minimum absolute atomic E-state index is 0.00393. The number of carbonyl (C=O) groups is 1. The summed E-state index contributed by atoms with van der Waals surface area (Å²) in [6.45, 7) is 13.7. The van der Waals surface area contributed by atoms with Crippen LogP contribution in [0.5, 0.6) is 0 Å². The molecule has 0 aliphatic rings. The number of amides is 1. The van der Waals surface area contributed by atoms with Crippen LogP contribution in [0.1, 0.15) is 56.0 Å². The maximum Gasteiger partial charge on any atom is 0.227 e. The third kappa shape index (κ3) is 3.37. The molecule has 3 nitrogen and oxygen atoms in total. The molecule has 1 heterocycles. The Labute approximate surface area is 120 Å². The molecule has 0 radical (unpaired) electrons. The highest BCUT2D eigenvalue weighted by Crippen LogP contribution is 2.31. The van der Waals surface area contributed by atoms with Gasteiger partial charge in [0.2, 0.25) is 5.91 Å². The van der Waals surface area contributed by atoms with Crippen molar-refractivity contribution in [2.45, 2.75) is 60.0 Å². The van der Waals surface area contributed by atoms with Gasteiger partial charge in [-0.15, -0.1) is 11.3 Å². The lowest BCUT2D eigenvalue weighted by atomic mass is 9.74. The molecule has 0 saturated carbocycles. The van der Waals surface area contributed by atoms with Crippen molar-refractivity contribution < 1.29 is 4.79 Å². The first-order valence-electron chi connectivity index (χ1n) is 6.63. The molecule has 4 heteroatoms. The Balaban J connectivity index is 2.86. The lowest BCUT2D eigenvalue weighted by Gasteiger charge is -2.37. The summed E-state index contributed by atoms with van der Waals surface area (Å²) in [5, 5.41) is 3.08. The molecule has 1 unspecified atom stereocenters. The Kier molecular flexibility index (Phi) is 4.47. The molecular formula is C15H26N2OS. The fraction of sp³-hybridized carbons (Fsp3) is 0.667. The van der Waals surface area contributed by atoms with E-state index in [2.05, 4.69) is 25.2 Å². The van der Waals surface area contributed by atoms with Crippen LogP contribution in [0.2, 0.25) is 0 Å². The quantitative estimate of drug-likeness (QED) is 0.890. The maximum absolute atomic E-state index is 12.4. The number of thiophene rings is 1. The van der Waals surface area contributed by atoms with Crippen LogP contribution < -0.4 is 11.1 Å². The van der Waals surface area contributed by atoms with E-state index in [-0.39, 0.29) is 11.9 Å². The van der Waals surface area contributed by atoms with Crippen molar-refractivity contribution in [3.8, 4) is 0 Å². The summed E-state index contributed by atoms with van der Waals surface area (Å²) in [6.07, 6.45) is 0. The summed E-state index contributed by atoms with van der Waals surface area (Å²) in [6, 6.07) is 2.16. The van der Waals surface area contributed by atoms with E-state index in [9.17, 15) is 4.79 Å². The van der Waals surface area contributed by atoms with Crippen molar-refractivity contribution in [2.24, 2.45) is 11.1 Å². The molecule has 1 atom stereocenters. The number of aryl methyl sites for hydroxylation is 2. The Morgan fingerprint density at radius 3 is 2.21 bits per heavy atom. The van der Waals surface area contributed by atoms with Gasteiger partial charge in [-0.3, -0.25) is 4.79 Å². The molecule has 0 aliphatic heterocycles. The van der Waals surface area contributed by atoms with E-state index in [1.807, 2.05) is 34.6 Å². The number of nitrogens with one attached hydrogen (secondary N) is 1. The van der Waals surface area contributed by atoms with Crippen LogP contribution in [0.3, 0.4) is 0 Å². The van der Waals surface area contributed by atoms with E-state index >= 15 is 0 Å². The normalized spacial score (nSPS) is 14.3. The monoisotopic (exact) mass is 282 g/mol. The number of hydrogen-bond acceptors (Lipinski definition) is 3. The molecule has 3 N–H and O–H groups in total. The van der Waals surface area contributed by atoms with Gasteiger partial charge in [0.1, 0.15) is 0 Å². The van der Waals surface area contributed by atoms with Crippen molar-refractivity contribution >= 4 is 17.2 Å². The van der Waals surface area contributed by atoms with Crippen molar-refractivity contribution in [3.05, 3.63) is 21.4 Å². The Bertz CT molecular complexity index is 469. The van der Waals surface area contributed by atoms with Gasteiger partial charge in [0.25, 0.3) is 0 Å². The maximum atomic E-state index is 12.4. The molecule has 0 aromatic carbocycles. The summed E-state index contributed by atoms with van der Waals surface area (Å²) in [5.74, 6) is -0.00393. The standard InChI is InChI=1S/C15H26N2OS/c1-9-8-12(11(3)19-9)10(2)17-13(18)14(4,5)15(6,7)16/h8,10H,16H2,1-7H3,(H,17,18). The van der Waals surface area contributed by atoms with E-state index in [0.29, 0.717) is 0 Å². The molecule has 108 valence electrons. The van der Waals surface area contributed by atoms with Gasteiger partial charge in [0, 0.05) is 15.3 Å². The lowest BCUT2D eigenvalue weighted by Crippen LogP contribution is -2.55. The van der Waals surface area contributed by atoms with Crippen molar-refractivity contribution in [1.82, 2.24) is 5.32 Å². The van der Waals surface area contributed by atoms with Gasteiger partial charge in [-0.05, 0) is 60.1 Å². The van der Waals surface area contributed by atoms with Gasteiger partial charge in [-0.1, -0.05) is 0 Å². The first-order chi connectivity index (χ1) is 8.46. The molecule has 1 aromatic rings. The highest BCUT2D eigenvalue weighted by atomic mass is 32.1. The van der Waals surface area contributed by atoms with Crippen molar-refractivity contribution in [2.75, 3.05) is 0 Å². The van der Waals surface area contributed by atoms with E-state index in [1.165, 1.54) is 15.3 Å². The van der Waals surface area contributed by atoms with Gasteiger partial charge in [0.05, 0.1) is 11.5 Å². The van der Waals surface area contributed by atoms with Gasteiger partial charge < -0.3 is 11.1 Å². The van der Waals surface area contributed by atoms with Gasteiger partial charge >= 0.3 is 0 Å². The average Bonchev–Trinajstić information content (AvgIpc) is 2.55. The fourth-order valence-corrected chi connectivity index (χ4v) is 2.85. The summed E-state index contributed by atoms with van der Waals surface area (Å²) in [5.41, 5.74) is 6.13. The molecule has 1 rings (SSSR count). The number of hydrogen-bond donors (Lipinski definition) is 2. The third-order valence-electron chi connectivity index (χ3n) is 4.07. The average molecular weight is 282 g/mol. The van der Waals surface area contributed by atoms with E-state index < -0.39 is 11.0 Å². The van der Waals surface area contributed by atoms with Crippen LogP contribution in [0, 0.1) is 19.3 Å². The smallest absolute Gasteiger partial charge is 0.227 e. The highest BCUT2D eigenvalue weighted by Gasteiger charge is 2.40. The molecule has 1 amide bonds. The summed E-state index contributed by atoms with van der Waals surface area (Å²) < 4.78 is 0. The molecule has 1 aromatic heterocycles. The van der Waals surface area contributed by atoms with Crippen LogP contribution in [0.15, 0.2) is 6.07 Å². The van der Waals surface area contributed by atoms with Gasteiger partial charge in [-0.25, -0.2) is 0 Å². The third-order valence-corrected chi connectivity index (χ3v) is 5.05. The number of carbonyl (C=O) groups excluding carboxylic acids is 1. The van der Waals surface area contributed by atoms with E-state index in [4.69, 9.17) is 5.73 Å². The summed E-state index contributed by atoms with van der Waals surface area (Å²) in [4.78, 5) is 15.0. The second-order valence-corrected chi connectivity index (χ2v) is 7.87. The molecule has 0 bridgehead atoms. The van der Waals surface area contributed by atoms with Crippen molar-refractivity contribution in [3.63, 3.8) is 0 Å². The Morgan fingerprint density at radius 2 is 1.84 bits per heavy atom. The zero-order valence-corrected chi connectivity index (χ0v) is 13.9. The number of nitrogens with two attached hydrogens (primary N) is 1. The van der Waals surface area contributed by atoms with Crippen LogP contribution in [-0.2, 0) is 4.79 Å². The molecule has 19 heavy (non-hydrogen) atoms. The minimum Gasteiger partial charge on any atom is -0.349 e. The van der Waals surface area contributed by atoms with Crippen LogP contribution in [0.25, 0.3) is 0 Å². The molecule has 0 spiro atoms. The minimum atomic E-state index is -0.611. The summed E-state index contributed by atoms with van der Waals surface area (Å²) in [7, 11) is 0. The van der Waals surface area contributed by atoms with E-state index in [1.54, 1.807) is 11.3 Å². The predicted molar refractivity (Wildman–Crippen MR) is 82.4 cm³/mol. The first-order valence-corrected chi connectivity index (χ1v) is 7.45. The Morgan fingerprint density at radius 1 is 1.32 bits per heavy atom. The van der Waals surface area contributed by atoms with E-state index in [0.717, 1.165) is 0 Å². The van der Waals surface area contributed by atoms with Crippen molar-refractivity contribution in [1.29, 1.82) is 0 Å². The zero-order valence-electron chi connectivity index (χ0n) is 13.0. The molecular weight excluding hydrogens is 256 g/mol. The van der Waals surface area contributed by atoms with Gasteiger partial charge in [0.15, 0.2) is 0 Å². The Hall–Kier alpha value is -0.870. The first kappa shape index (κ1) is 16.2.